The van der Waals surface area contributed by atoms with Crippen LogP contribution in [0.5, 0.6) is 0 Å². The van der Waals surface area contributed by atoms with E-state index >= 15 is 0 Å². The molecule has 0 aromatic rings. The van der Waals surface area contributed by atoms with Crippen molar-refractivity contribution in [2.24, 2.45) is 10.9 Å². The molecule has 1 aliphatic rings. The first-order chi connectivity index (χ1) is 12.2. The number of hydrogen-bond donors (Lipinski definition) is 3. The van der Waals surface area contributed by atoms with Crippen molar-refractivity contribution in [3.05, 3.63) is 0 Å². The van der Waals surface area contributed by atoms with Gasteiger partial charge < -0.3 is 20.1 Å². The van der Waals surface area contributed by atoms with Gasteiger partial charge in [-0.25, -0.2) is 13.1 Å². The van der Waals surface area contributed by atoms with Crippen molar-refractivity contribution in [3.8, 4) is 0 Å². The third-order valence-corrected chi connectivity index (χ3v) is 4.81. The standard InChI is InChI=1S/C17H36N4O4S/c1-5-18-16(20-14-17(2,3)21-26(4,22)23)19-9-6-10-25-13-15-7-11-24-12-8-15/h15,21H,5-14H2,1-4H3,(H2,18,19,20). The van der Waals surface area contributed by atoms with Crippen LogP contribution in [-0.2, 0) is 19.5 Å². The van der Waals surface area contributed by atoms with Crippen LogP contribution in [0.15, 0.2) is 4.99 Å². The normalized spacial score (nSPS) is 17.3. The Labute approximate surface area is 158 Å². The molecule has 1 saturated heterocycles. The topological polar surface area (TPSA) is 101 Å². The zero-order valence-electron chi connectivity index (χ0n) is 16.6. The van der Waals surface area contributed by atoms with Crippen molar-refractivity contribution < 1.29 is 17.9 Å². The first-order valence-electron chi connectivity index (χ1n) is 9.38. The number of nitrogens with zero attached hydrogens (tertiary/aromatic N) is 1. The van der Waals surface area contributed by atoms with Crippen LogP contribution in [0, 0.1) is 5.92 Å². The van der Waals surface area contributed by atoms with Crippen LogP contribution in [0.2, 0.25) is 0 Å². The van der Waals surface area contributed by atoms with E-state index in [2.05, 4.69) is 20.3 Å². The summed E-state index contributed by atoms with van der Waals surface area (Å²) < 4.78 is 36.5. The molecular formula is C17H36N4O4S. The summed E-state index contributed by atoms with van der Waals surface area (Å²) in [5.41, 5.74) is -0.636. The summed E-state index contributed by atoms with van der Waals surface area (Å²) in [7, 11) is -3.26. The Balaban J connectivity index is 2.26. The minimum atomic E-state index is -3.26. The van der Waals surface area contributed by atoms with E-state index in [-0.39, 0.29) is 0 Å². The first kappa shape index (κ1) is 23.1. The lowest BCUT2D eigenvalue weighted by atomic mass is 10.0. The smallest absolute Gasteiger partial charge is 0.209 e. The predicted molar refractivity (Wildman–Crippen MR) is 105 cm³/mol. The van der Waals surface area contributed by atoms with Crippen molar-refractivity contribution >= 4 is 16.0 Å². The van der Waals surface area contributed by atoms with E-state index in [1.54, 1.807) is 0 Å². The molecule has 26 heavy (non-hydrogen) atoms. The van der Waals surface area contributed by atoms with Crippen LogP contribution < -0.4 is 15.4 Å². The van der Waals surface area contributed by atoms with E-state index in [0.29, 0.717) is 25.0 Å². The molecule has 0 aromatic heterocycles. The van der Waals surface area contributed by atoms with Crippen molar-refractivity contribution in [1.82, 2.24) is 15.4 Å². The van der Waals surface area contributed by atoms with Gasteiger partial charge in [0, 0.05) is 45.1 Å². The Hall–Kier alpha value is -0.900. The van der Waals surface area contributed by atoms with Crippen LogP contribution in [0.4, 0.5) is 0 Å². The molecule has 1 fully saturated rings. The number of aliphatic imine (C=N–C) groups is 1. The Kier molecular flexibility index (Phi) is 10.4. The van der Waals surface area contributed by atoms with Crippen LogP contribution in [0.1, 0.15) is 40.0 Å². The van der Waals surface area contributed by atoms with Gasteiger partial charge in [0.25, 0.3) is 0 Å². The van der Waals surface area contributed by atoms with E-state index in [4.69, 9.17) is 9.47 Å². The summed E-state index contributed by atoms with van der Waals surface area (Å²) in [4.78, 5) is 4.47. The van der Waals surface area contributed by atoms with Gasteiger partial charge in [0.1, 0.15) is 0 Å². The number of nitrogens with one attached hydrogen (secondary N) is 3. The molecule has 8 nitrogen and oxygen atoms in total. The minimum Gasteiger partial charge on any atom is -0.381 e. The summed E-state index contributed by atoms with van der Waals surface area (Å²) in [6.45, 7) is 10.7. The van der Waals surface area contributed by atoms with Gasteiger partial charge in [-0.1, -0.05) is 0 Å². The second-order valence-electron chi connectivity index (χ2n) is 7.36. The molecule has 0 radical (unpaired) electrons. The largest absolute Gasteiger partial charge is 0.381 e. The van der Waals surface area contributed by atoms with Crippen LogP contribution in [0.25, 0.3) is 0 Å². The quantitative estimate of drug-likeness (QED) is 0.272. The molecule has 0 spiro atoms. The maximum Gasteiger partial charge on any atom is 0.209 e. The zero-order chi connectivity index (χ0) is 19.5. The monoisotopic (exact) mass is 392 g/mol. The lowest BCUT2D eigenvalue weighted by Gasteiger charge is -2.23. The molecule has 0 bridgehead atoms. The molecule has 1 heterocycles. The molecule has 0 saturated carbocycles. The summed E-state index contributed by atoms with van der Waals surface area (Å²) in [5.74, 6) is 1.31. The summed E-state index contributed by atoms with van der Waals surface area (Å²) in [6.07, 6.45) is 4.22. The third kappa shape index (κ3) is 11.7. The van der Waals surface area contributed by atoms with Gasteiger partial charge >= 0.3 is 0 Å². The molecule has 9 heteroatoms. The fraction of sp³-hybridized carbons (Fsp3) is 0.941. The summed E-state index contributed by atoms with van der Waals surface area (Å²) in [6, 6.07) is 0. The average molecular weight is 393 g/mol. The Morgan fingerprint density at radius 3 is 2.58 bits per heavy atom. The highest BCUT2D eigenvalue weighted by Crippen LogP contribution is 2.14. The Morgan fingerprint density at radius 1 is 1.27 bits per heavy atom. The highest BCUT2D eigenvalue weighted by atomic mass is 32.2. The fourth-order valence-corrected chi connectivity index (χ4v) is 3.77. The molecule has 1 rings (SSSR count). The highest BCUT2D eigenvalue weighted by Gasteiger charge is 2.21. The lowest BCUT2D eigenvalue weighted by molar-refractivity contribution is 0.0203. The number of sulfonamides is 1. The Morgan fingerprint density at radius 2 is 1.96 bits per heavy atom. The number of guanidine groups is 1. The molecule has 0 aliphatic carbocycles. The van der Waals surface area contributed by atoms with Crippen LogP contribution in [0.3, 0.4) is 0 Å². The maximum atomic E-state index is 11.4. The van der Waals surface area contributed by atoms with Crippen molar-refractivity contribution in [2.75, 3.05) is 52.3 Å². The number of ether oxygens (including phenoxy) is 2. The van der Waals surface area contributed by atoms with Crippen molar-refractivity contribution in [2.45, 2.75) is 45.6 Å². The second-order valence-corrected chi connectivity index (χ2v) is 9.11. The van der Waals surface area contributed by atoms with Gasteiger partial charge in [0.05, 0.1) is 12.8 Å². The van der Waals surface area contributed by atoms with Gasteiger partial charge in [-0.05, 0) is 46.0 Å². The molecule has 154 valence electrons. The van der Waals surface area contributed by atoms with E-state index in [9.17, 15) is 8.42 Å². The van der Waals surface area contributed by atoms with Gasteiger partial charge in [-0.15, -0.1) is 0 Å². The van der Waals surface area contributed by atoms with Crippen LogP contribution in [-0.4, -0.2) is 72.2 Å². The van der Waals surface area contributed by atoms with Gasteiger partial charge in [0.15, 0.2) is 5.96 Å². The second kappa shape index (κ2) is 11.7. The molecule has 3 N–H and O–H groups in total. The number of rotatable bonds is 11. The summed E-state index contributed by atoms with van der Waals surface area (Å²) in [5, 5.41) is 6.42. The average Bonchev–Trinajstić information content (AvgIpc) is 2.54. The molecule has 1 aliphatic heterocycles. The van der Waals surface area contributed by atoms with Gasteiger partial charge in [-0.3, -0.25) is 4.99 Å². The number of hydrogen-bond acceptors (Lipinski definition) is 5. The minimum absolute atomic E-state index is 0.343. The fourth-order valence-electron chi connectivity index (χ4n) is 2.70. The molecular weight excluding hydrogens is 356 g/mol. The predicted octanol–water partition coefficient (Wildman–Crippen LogP) is 0.703. The molecule has 0 atom stereocenters. The SMILES string of the molecule is CCNC(=NCC(C)(C)NS(C)(=O)=O)NCCCOCC1CCOCC1. The zero-order valence-corrected chi connectivity index (χ0v) is 17.5. The third-order valence-electron chi connectivity index (χ3n) is 3.89. The van der Waals surface area contributed by atoms with Gasteiger partial charge in [0.2, 0.25) is 10.0 Å². The van der Waals surface area contributed by atoms with E-state index < -0.39 is 15.6 Å². The summed E-state index contributed by atoms with van der Waals surface area (Å²) >= 11 is 0. The molecule has 0 unspecified atom stereocenters. The lowest BCUT2D eigenvalue weighted by Crippen LogP contribution is -2.46. The first-order valence-corrected chi connectivity index (χ1v) is 11.3. The van der Waals surface area contributed by atoms with E-state index in [0.717, 1.165) is 58.4 Å². The molecule has 0 aromatic carbocycles. The van der Waals surface area contributed by atoms with E-state index in [1.807, 2.05) is 20.8 Å². The van der Waals surface area contributed by atoms with Gasteiger partial charge in [-0.2, -0.15) is 0 Å². The van der Waals surface area contributed by atoms with Crippen LogP contribution >= 0.6 is 0 Å². The van der Waals surface area contributed by atoms with E-state index in [1.165, 1.54) is 0 Å². The Bertz CT molecular complexity index is 517. The maximum absolute atomic E-state index is 11.4. The van der Waals surface area contributed by atoms with Crippen molar-refractivity contribution in [1.29, 1.82) is 0 Å². The highest BCUT2D eigenvalue weighted by molar-refractivity contribution is 7.88. The van der Waals surface area contributed by atoms with Crippen molar-refractivity contribution in [3.63, 3.8) is 0 Å². The molecule has 0 amide bonds.